The Morgan fingerprint density at radius 2 is 2.11 bits per heavy atom. The van der Waals surface area contributed by atoms with Crippen molar-refractivity contribution in [3.05, 3.63) is 28.3 Å². The van der Waals surface area contributed by atoms with Crippen LogP contribution in [0.5, 0.6) is 0 Å². The number of nitrogens with one attached hydrogen (secondary N) is 1. The highest BCUT2D eigenvalue weighted by Crippen LogP contribution is 2.45. The van der Waals surface area contributed by atoms with Crippen LogP contribution in [0.4, 0.5) is 17.1 Å². The second-order valence-corrected chi connectivity index (χ2v) is 5.50. The van der Waals surface area contributed by atoms with E-state index in [2.05, 4.69) is 5.32 Å². The van der Waals surface area contributed by atoms with Gasteiger partial charge in [0.15, 0.2) is 0 Å². The molecule has 2 aliphatic carbocycles. The van der Waals surface area contributed by atoms with E-state index in [1.165, 1.54) is 31.7 Å². The summed E-state index contributed by atoms with van der Waals surface area (Å²) in [4.78, 5) is 10.4. The maximum Gasteiger partial charge on any atom is 0.273 e. The van der Waals surface area contributed by atoms with E-state index in [-0.39, 0.29) is 5.69 Å². The highest BCUT2D eigenvalue weighted by Gasteiger charge is 2.39. The molecule has 0 aromatic heterocycles. The number of fused-ring (bicyclic) bond motifs is 2. The third kappa shape index (κ3) is 2.00. The minimum absolute atomic E-state index is 0.0562. The monoisotopic (exact) mass is 247 g/mol. The molecule has 0 spiro atoms. The Morgan fingerprint density at radius 1 is 1.28 bits per heavy atom. The van der Waals surface area contributed by atoms with Crippen molar-refractivity contribution in [1.29, 1.82) is 0 Å². The van der Waals surface area contributed by atoms with Gasteiger partial charge in [0.1, 0.15) is 0 Å². The minimum Gasteiger partial charge on any atom is -0.398 e. The first kappa shape index (κ1) is 11.3. The summed E-state index contributed by atoms with van der Waals surface area (Å²) in [6.45, 7) is 0. The zero-order valence-electron chi connectivity index (χ0n) is 10.1. The molecule has 1 aromatic carbocycles. The van der Waals surface area contributed by atoms with E-state index in [1.54, 1.807) is 12.1 Å². The molecule has 5 nitrogen and oxygen atoms in total. The van der Waals surface area contributed by atoms with Crippen molar-refractivity contribution in [3.63, 3.8) is 0 Å². The third-order valence-corrected chi connectivity index (χ3v) is 4.24. The topological polar surface area (TPSA) is 81.2 Å². The van der Waals surface area contributed by atoms with Gasteiger partial charge in [-0.1, -0.05) is 6.42 Å². The van der Waals surface area contributed by atoms with Crippen molar-refractivity contribution in [3.8, 4) is 0 Å². The molecule has 3 unspecified atom stereocenters. The number of anilines is 2. The molecule has 96 valence electrons. The zero-order valence-corrected chi connectivity index (χ0v) is 10.1. The van der Waals surface area contributed by atoms with Crippen molar-refractivity contribution in [2.75, 3.05) is 11.1 Å². The molecular weight excluding hydrogens is 230 g/mol. The lowest BCUT2D eigenvalue weighted by Gasteiger charge is -2.24. The Bertz CT molecular complexity index is 489. The highest BCUT2D eigenvalue weighted by molar-refractivity contribution is 5.62. The zero-order chi connectivity index (χ0) is 12.7. The van der Waals surface area contributed by atoms with Gasteiger partial charge in [-0.25, -0.2) is 0 Å². The van der Waals surface area contributed by atoms with Gasteiger partial charge in [-0.05, 0) is 37.2 Å². The van der Waals surface area contributed by atoms with Gasteiger partial charge in [-0.2, -0.15) is 0 Å². The summed E-state index contributed by atoms with van der Waals surface area (Å²) in [6, 6.07) is 5.21. The Kier molecular flexibility index (Phi) is 2.61. The number of rotatable bonds is 3. The van der Waals surface area contributed by atoms with Gasteiger partial charge in [0.25, 0.3) is 5.69 Å². The number of hydrogen-bond donors (Lipinski definition) is 2. The quantitative estimate of drug-likeness (QED) is 0.489. The summed E-state index contributed by atoms with van der Waals surface area (Å²) >= 11 is 0. The summed E-state index contributed by atoms with van der Waals surface area (Å²) in [5.41, 5.74) is 6.98. The van der Waals surface area contributed by atoms with Crippen LogP contribution < -0.4 is 11.1 Å². The Labute approximate surface area is 106 Å². The number of benzene rings is 1. The van der Waals surface area contributed by atoms with Crippen LogP contribution in [-0.2, 0) is 0 Å². The number of nitro groups is 1. The van der Waals surface area contributed by atoms with Crippen LogP contribution in [0.15, 0.2) is 18.2 Å². The molecule has 0 aliphatic heterocycles. The van der Waals surface area contributed by atoms with Gasteiger partial charge < -0.3 is 11.1 Å². The number of nitrogen functional groups attached to an aromatic ring is 1. The maximum absolute atomic E-state index is 10.8. The molecule has 18 heavy (non-hydrogen) atoms. The standard InChI is InChI=1S/C13H17N3O2/c14-10-5-11(7-12(6-10)16(17)18)15-13-4-8-1-2-9(13)3-8/h5-9,13,15H,1-4,14H2. The fourth-order valence-electron chi connectivity index (χ4n) is 3.46. The van der Waals surface area contributed by atoms with E-state index in [0.29, 0.717) is 11.7 Å². The molecule has 3 N–H and O–H groups in total. The number of nitrogens with two attached hydrogens (primary N) is 1. The summed E-state index contributed by atoms with van der Waals surface area (Å²) < 4.78 is 0. The third-order valence-electron chi connectivity index (χ3n) is 4.24. The van der Waals surface area contributed by atoms with Gasteiger partial charge in [0.05, 0.1) is 4.92 Å². The summed E-state index contributed by atoms with van der Waals surface area (Å²) in [6.07, 6.45) is 5.13. The molecule has 0 amide bonds. The van der Waals surface area contributed by atoms with Gasteiger partial charge in [-0.15, -0.1) is 0 Å². The predicted octanol–water partition coefficient (Wildman–Crippen LogP) is 2.78. The molecular formula is C13H17N3O2. The first-order chi connectivity index (χ1) is 8.61. The SMILES string of the molecule is Nc1cc(NC2CC3CCC2C3)cc([N+](=O)[O-])c1. The second-order valence-electron chi connectivity index (χ2n) is 5.50. The molecule has 3 rings (SSSR count). The van der Waals surface area contributed by atoms with Crippen molar-refractivity contribution in [1.82, 2.24) is 0 Å². The molecule has 0 heterocycles. The largest absolute Gasteiger partial charge is 0.398 e. The lowest BCUT2D eigenvalue weighted by molar-refractivity contribution is -0.384. The predicted molar refractivity (Wildman–Crippen MR) is 70.4 cm³/mol. The number of nitrogens with zero attached hydrogens (tertiary/aromatic N) is 1. The van der Waals surface area contributed by atoms with Crippen LogP contribution in [0.25, 0.3) is 0 Å². The van der Waals surface area contributed by atoms with Crippen LogP contribution in [0.2, 0.25) is 0 Å². The van der Waals surface area contributed by atoms with E-state index in [1.807, 2.05) is 0 Å². The maximum atomic E-state index is 10.8. The first-order valence-electron chi connectivity index (χ1n) is 6.43. The van der Waals surface area contributed by atoms with Gasteiger partial charge >= 0.3 is 0 Å². The van der Waals surface area contributed by atoms with Crippen molar-refractivity contribution < 1.29 is 4.92 Å². The summed E-state index contributed by atoms with van der Waals surface area (Å²) in [5.74, 6) is 1.58. The van der Waals surface area contributed by atoms with Crippen LogP contribution >= 0.6 is 0 Å². The normalized spacial score (nSPS) is 29.4. The smallest absolute Gasteiger partial charge is 0.273 e. The van der Waals surface area contributed by atoms with E-state index in [4.69, 9.17) is 5.73 Å². The lowest BCUT2D eigenvalue weighted by atomic mass is 9.95. The molecule has 2 fully saturated rings. The minimum atomic E-state index is -0.400. The Morgan fingerprint density at radius 3 is 2.72 bits per heavy atom. The molecule has 2 bridgehead atoms. The van der Waals surface area contributed by atoms with E-state index in [9.17, 15) is 10.1 Å². The fraction of sp³-hybridized carbons (Fsp3) is 0.538. The molecule has 2 saturated carbocycles. The molecule has 2 aliphatic rings. The van der Waals surface area contributed by atoms with Crippen molar-refractivity contribution >= 4 is 17.1 Å². The van der Waals surface area contributed by atoms with E-state index >= 15 is 0 Å². The lowest BCUT2D eigenvalue weighted by Crippen LogP contribution is -2.25. The number of hydrogen-bond acceptors (Lipinski definition) is 4. The number of non-ortho nitro benzene ring substituents is 1. The van der Waals surface area contributed by atoms with Gasteiger partial charge in [0.2, 0.25) is 0 Å². The van der Waals surface area contributed by atoms with Gasteiger partial charge in [0, 0.05) is 29.5 Å². The average Bonchev–Trinajstić information content (AvgIpc) is 2.90. The van der Waals surface area contributed by atoms with Crippen LogP contribution in [0.3, 0.4) is 0 Å². The summed E-state index contributed by atoms with van der Waals surface area (Å²) in [5, 5.41) is 14.2. The van der Waals surface area contributed by atoms with Crippen LogP contribution in [0.1, 0.15) is 25.7 Å². The Hall–Kier alpha value is -1.78. The van der Waals surface area contributed by atoms with Crippen molar-refractivity contribution in [2.24, 2.45) is 11.8 Å². The molecule has 0 radical (unpaired) electrons. The molecule has 1 aromatic rings. The molecule has 5 heteroatoms. The fourth-order valence-corrected chi connectivity index (χ4v) is 3.46. The molecule has 0 saturated heterocycles. The summed E-state index contributed by atoms with van der Waals surface area (Å²) in [7, 11) is 0. The van der Waals surface area contributed by atoms with Gasteiger partial charge in [-0.3, -0.25) is 10.1 Å². The first-order valence-corrected chi connectivity index (χ1v) is 6.43. The van der Waals surface area contributed by atoms with Crippen LogP contribution in [0, 0.1) is 22.0 Å². The van der Waals surface area contributed by atoms with Crippen molar-refractivity contribution in [2.45, 2.75) is 31.7 Å². The van der Waals surface area contributed by atoms with Crippen LogP contribution in [-0.4, -0.2) is 11.0 Å². The van der Waals surface area contributed by atoms with E-state index in [0.717, 1.165) is 17.5 Å². The second kappa shape index (κ2) is 4.15. The highest BCUT2D eigenvalue weighted by atomic mass is 16.6. The van der Waals surface area contributed by atoms with E-state index < -0.39 is 4.92 Å². The number of nitro benzene ring substituents is 1. The molecule has 3 atom stereocenters. The Balaban J connectivity index is 1.78. The average molecular weight is 247 g/mol.